The third kappa shape index (κ3) is 4.14. The summed E-state index contributed by atoms with van der Waals surface area (Å²) in [5.41, 5.74) is 2.30. The summed E-state index contributed by atoms with van der Waals surface area (Å²) in [7, 11) is 0. The summed E-state index contributed by atoms with van der Waals surface area (Å²) < 4.78 is 11.0. The zero-order valence-electron chi connectivity index (χ0n) is 15.4. The molecule has 142 valence electrons. The average Bonchev–Trinajstić information content (AvgIpc) is 3.25. The van der Waals surface area contributed by atoms with Gasteiger partial charge in [0, 0.05) is 11.1 Å². The molecule has 0 bridgehead atoms. The molecule has 0 aliphatic carbocycles. The Morgan fingerprint density at radius 3 is 1.93 bits per heavy atom. The molecule has 0 aliphatic rings. The lowest BCUT2D eigenvalue weighted by atomic mass is 10.1. The summed E-state index contributed by atoms with van der Waals surface area (Å²) in [5, 5.41) is 0. The summed E-state index contributed by atoms with van der Waals surface area (Å²) in [4.78, 5) is 29.5. The maximum atomic E-state index is 12.8. The van der Waals surface area contributed by atoms with Gasteiger partial charge in [-0.05, 0) is 24.3 Å². The monoisotopic (exact) mass is 383 g/mol. The van der Waals surface area contributed by atoms with Crippen molar-refractivity contribution in [2.45, 2.75) is 0 Å². The van der Waals surface area contributed by atoms with Crippen LogP contribution >= 0.6 is 0 Å². The lowest BCUT2D eigenvalue weighted by Gasteiger charge is -2.04. The number of carbonyl (C=O) groups excluding carboxylic acids is 2. The van der Waals surface area contributed by atoms with E-state index in [0.717, 1.165) is 11.1 Å². The van der Waals surface area contributed by atoms with Gasteiger partial charge in [0.05, 0.1) is 5.56 Å². The Kier molecular flexibility index (Phi) is 5.29. The van der Waals surface area contributed by atoms with Crippen molar-refractivity contribution in [2.24, 2.45) is 0 Å². The van der Waals surface area contributed by atoms with Crippen molar-refractivity contribution in [3.63, 3.8) is 0 Å². The van der Waals surface area contributed by atoms with Crippen LogP contribution in [0.15, 0.2) is 95.4 Å². The third-order valence-electron chi connectivity index (χ3n) is 4.29. The predicted molar refractivity (Wildman–Crippen MR) is 108 cm³/mol. The molecule has 0 spiro atoms. The Morgan fingerprint density at radius 2 is 1.31 bits per heavy atom. The van der Waals surface area contributed by atoms with Crippen LogP contribution in [0.5, 0.6) is 0 Å². The number of hydrogen-bond donors (Lipinski definition) is 0. The Bertz CT molecular complexity index is 1120. The second-order valence-electron chi connectivity index (χ2n) is 6.29. The highest BCUT2D eigenvalue weighted by molar-refractivity contribution is 6.01. The van der Waals surface area contributed by atoms with Crippen molar-refractivity contribution in [2.75, 3.05) is 6.61 Å². The van der Waals surface area contributed by atoms with Gasteiger partial charge in [-0.1, -0.05) is 66.7 Å². The van der Waals surface area contributed by atoms with E-state index >= 15 is 0 Å². The quantitative estimate of drug-likeness (QED) is 0.344. The van der Waals surface area contributed by atoms with Gasteiger partial charge in [0.1, 0.15) is 5.69 Å². The molecule has 5 heteroatoms. The molecular weight excluding hydrogens is 366 g/mol. The molecule has 0 radical (unpaired) electrons. The SMILES string of the molecule is O=C(OCC(=O)c1oc(-c2ccccc2)nc1-c1ccccc1)c1ccccc1. The summed E-state index contributed by atoms with van der Waals surface area (Å²) in [6, 6.07) is 27.1. The first kappa shape index (κ1) is 18.4. The van der Waals surface area contributed by atoms with Crippen molar-refractivity contribution in [3.05, 3.63) is 102 Å². The van der Waals surface area contributed by atoms with E-state index in [1.54, 1.807) is 30.3 Å². The molecule has 29 heavy (non-hydrogen) atoms. The molecule has 4 aromatic rings. The number of esters is 1. The van der Waals surface area contributed by atoms with Crippen molar-refractivity contribution in [3.8, 4) is 22.7 Å². The highest BCUT2D eigenvalue weighted by Gasteiger charge is 2.23. The number of nitrogens with zero attached hydrogens (tertiary/aromatic N) is 1. The minimum atomic E-state index is -0.567. The Hall–Kier alpha value is -3.99. The maximum absolute atomic E-state index is 12.8. The van der Waals surface area contributed by atoms with Crippen LogP contribution in [-0.2, 0) is 4.74 Å². The summed E-state index contributed by atoms with van der Waals surface area (Å²) >= 11 is 0. The molecule has 0 atom stereocenters. The van der Waals surface area contributed by atoms with Gasteiger partial charge in [0.2, 0.25) is 17.4 Å². The molecule has 0 amide bonds. The first-order valence-corrected chi connectivity index (χ1v) is 9.09. The van der Waals surface area contributed by atoms with Crippen LogP contribution in [0.1, 0.15) is 20.9 Å². The molecule has 0 unspecified atom stereocenters. The van der Waals surface area contributed by atoms with Gasteiger partial charge in [-0.2, -0.15) is 0 Å². The number of benzene rings is 3. The van der Waals surface area contributed by atoms with Crippen LogP contribution < -0.4 is 0 Å². The van der Waals surface area contributed by atoms with Gasteiger partial charge in [-0.25, -0.2) is 9.78 Å². The van der Waals surface area contributed by atoms with Crippen molar-refractivity contribution >= 4 is 11.8 Å². The fourth-order valence-corrected chi connectivity index (χ4v) is 2.86. The predicted octanol–water partition coefficient (Wildman–Crippen LogP) is 5.05. The van der Waals surface area contributed by atoms with Crippen LogP contribution in [0.3, 0.4) is 0 Å². The van der Waals surface area contributed by atoms with Crippen molar-refractivity contribution in [1.82, 2.24) is 4.98 Å². The Morgan fingerprint density at radius 1 is 0.759 bits per heavy atom. The molecule has 1 heterocycles. The molecule has 0 N–H and O–H groups in total. The van der Waals surface area contributed by atoms with Gasteiger partial charge in [-0.3, -0.25) is 4.79 Å². The van der Waals surface area contributed by atoms with E-state index in [1.165, 1.54) is 0 Å². The molecule has 1 aromatic heterocycles. The molecule has 0 aliphatic heterocycles. The van der Waals surface area contributed by atoms with E-state index in [1.807, 2.05) is 60.7 Å². The highest BCUT2D eigenvalue weighted by atomic mass is 16.5. The van der Waals surface area contributed by atoms with Gasteiger partial charge in [0.25, 0.3) is 0 Å². The minimum Gasteiger partial charge on any atom is -0.454 e. The first-order chi connectivity index (χ1) is 14.2. The van der Waals surface area contributed by atoms with Gasteiger partial charge < -0.3 is 9.15 Å². The summed E-state index contributed by atoms with van der Waals surface area (Å²) in [5.74, 6) is -0.621. The summed E-state index contributed by atoms with van der Waals surface area (Å²) in [6.07, 6.45) is 0. The number of rotatable bonds is 6. The molecule has 5 nitrogen and oxygen atoms in total. The maximum Gasteiger partial charge on any atom is 0.338 e. The van der Waals surface area contributed by atoms with Crippen LogP contribution in [0, 0.1) is 0 Å². The molecule has 0 saturated heterocycles. The van der Waals surface area contributed by atoms with Crippen LogP contribution in [-0.4, -0.2) is 23.3 Å². The number of aromatic nitrogens is 1. The molecular formula is C24H17NO4. The van der Waals surface area contributed by atoms with Crippen molar-refractivity contribution < 1.29 is 18.7 Å². The topological polar surface area (TPSA) is 69.4 Å². The Labute approximate surface area is 167 Å². The number of hydrogen-bond acceptors (Lipinski definition) is 5. The lowest BCUT2D eigenvalue weighted by Crippen LogP contribution is -2.14. The van der Waals surface area contributed by atoms with E-state index in [2.05, 4.69) is 4.98 Å². The number of ether oxygens (including phenoxy) is 1. The summed E-state index contributed by atoms with van der Waals surface area (Å²) in [6.45, 7) is -0.434. The van der Waals surface area contributed by atoms with Gasteiger partial charge in [0.15, 0.2) is 6.61 Å². The minimum absolute atomic E-state index is 0.0657. The van der Waals surface area contributed by atoms with Crippen LogP contribution in [0.25, 0.3) is 22.7 Å². The zero-order chi connectivity index (χ0) is 20.1. The average molecular weight is 383 g/mol. The van der Waals surface area contributed by atoms with Gasteiger partial charge in [-0.15, -0.1) is 0 Å². The molecule has 4 rings (SSSR count). The van der Waals surface area contributed by atoms with E-state index in [-0.39, 0.29) is 5.76 Å². The number of carbonyl (C=O) groups is 2. The smallest absolute Gasteiger partial charge is 0.338 e. The largest absolute Gasteiger partial charge is 0.454 e. The number of Topliss-reactive ketones (excluding diaryl/α,β-unsaturated/α-hetero) is 1. The normalized spacial score (nSPS) is 10.5. The van der Waals surface area contributed by atoms with Gasteiger partial charge >= 0.3 is 5.97 Å². The van der Waals surface area contributed by atoms with E-state index in [4.69, 9.17) is 9.15 Å². The van der Waals surface area contributed by atoms with E-state index in [0.29, 0.717) is 17.1 Å². The van der Waals surface area contributed by atoms with Crippen molar-refractivity contribution in [1.29, 1.82) is 0 Å². The fraction of sp³-hybridized carbons (Fsp3) is 0.0417. The molecule has 0 saturated carbocycles. The first-order valence-electron chi connectivity index (χ1n) is 9.09. The molecule has 0 fully saturated rings. The van der Waals surface area contributed by atoms with Crippen LogP contribution in [0.4, 0.5) is 0 Å². The third-order valence-corrected chi connectivity index (χ3v) is 4.29. The standard InChI is InChI=1S/C24H17NO4/c26-20(16-28-24(27)19-14-8-3-9-15-19)22-21(17-10-4-1-5-11-17)25-23(29-22)18-12-6-2-7-13-18/h1-15H,16H2. The van der Waals surface area contributed by atoms with Crippen LogP contribution in [0.2, 0.25) is 0 Å². The number of ketones is 1. The van der Waals surface area contributed by atoms with E-state index in [9.17, 15) is 9.59 Å². The lowest BCUT2D eigenvalue weighted by molar-refractivity contribution is 0.0468. The number of oxazole rings is 1. The fourth-order valence-electron chi connectivity index (χ4n) is 2.86. The second-order valence-corrected chi connectivity index (χ2v) is 6.29. The highest BCUT2D eigenvalue weighted by Crippen LogP contribution is 2.29. The van der Waals surface area contributed by atoms with E-state index < -0.39 is 18.4 Å². The zero-order valence-corrected chi connectivity index (χ0v) is 15.4. The molecule has 3 aromatic carbocycles. The second kappa shape index (κ2) is 8.35. The Balaban J connectivity index is 1.62.